The van der Waals surface area contributed by atoms with Gasteiger partial charge in [-0.25, -0.2) is 0 Å². The maximum Gasteiger partial charge on any atom is 0.00899 e. The van der Waals surface area contributed by atoms with Crippen LogP contribution in [0.15, 0.2) is 60.7 Å². The molecular weight excluding hydrogens is 276 g/mol. The summed E-state index contributed by atoms with van der Waals surface area (Å²) in [5, 5.41) is 0. The van der Waals surface area contributed by atoms with Gasteiger partial charge in [0.2, 0.25) is 0 Å². The first kappa shape index (κ1) is 14.5. The molecule has 2 aliphatic rings. The molecule has 2 aromatic rings. The molecule has 0 saturated heterocycles. The van der Waals surface area contributed by atoms with Crippen molar-refractivity contribution in [2.24, 2.45) is 5.41 Å². The van der Waals surface area contributed by atoms with E-state index in [1.54, 1.807) is 0 Å². The normalized spacial score (nSPS) is 22.4. The summed E-state index contributed by atoms with van der Waals surface area (Å²) >= 11 is 0. The molecule has 0 spiro atoms. The fourth-order valence-electron chi connectivity index (χ4n) is 4.54. The number of rotatable bonds is 2. The van der Waals surface area contributed by atoms with E-state index in [9.17, 15) is 0 Å². The van der Waals surface area contributed by atoms with Crippen LogP contribution in [-0.4, -0.2) is 0 Å². The number of hydrogen-bond acceptors (Lipinski definition) is 0. The lowest BCUT2D eigenvalue weighted by molar-refractivity contribution is 0.292. The molecule has 0 saturated carbocycles. The van der Waals surface area contributed by atoms with Crippen LogP contribution in [0.3, 0.4) is 0 Å². The topological polar surface area (TPSA) is 0 Å². The summed E-state index contributed by atoms with van der Waals surface area (Å²) in [5.74, 6) is 0.942. The molecule has 2 unspecified atom stereocenters. The first-order valence-corrected chi connectivity index (χ1v) is 8.55. The quantitative estimate of drug-likeness (QED) is 0.601. The summed E-state index contributed by atoms with van der Waals surface area (Å²) in [6.45, 7) is 9.36. The van der Waals surface area contributed by atoms with Crippen molar-refractivity contribution in [3.8, 4) is 0 Å². The molecule has 23 heavy (non-hydrogen) atoms. The lowest BCUT2D eigenvalue weighted by atomic mass is 9.66. The van der Waals surface area contributed by atoms with E-state index in [0.29, 0.717) is 11.8 Å². The Balaban J connectivity index is 1.82. The molecule has 0 radical (unpaired) electrons. The standard InChI is InChI=1S/C23H24/c1-15-13-21(19-11-7-5-9-17(15)19)23(3,4)22-14-16(2)18-10-6-8-12-20(18)22/h5-14,21-22H,1-4H3. The van der Waals surface area contributed by atoms with Crippen LogP contribution in [0, 0.1) is 5.41 Å². The van der Waals surface area contributed by atoms with Crippen LogP contribution in [0.4, 0.5) is 0 Å². The minimum absolute atomic E-state index is 0.154. The van der Waals surface area contributed by atoms with Crippen LogP contribution in [0.25, 0.3) is 11.1 Å². The molecule has 2 aromatic carbocycles. The number of benzene rings is 2. The summed E-state index contributed by atoms with van der Waals surface area (Å²) in [4.78, 5) is 0. The molecule has 0 aliphatic heterocycles. The second-order valence-corrected chi connectivity index (χ2v) is 7.65. The third-order valence-electron chi connectivity index (χ3n) is 5.88. The zero-order valence-electron chi connectivity index (χ0n) is 14.4. The van der Waals surface area contributed by atoms with Crippen molar-refractivity contribution in [1.29, 1.82) is 0 Å². The lowest BCUT2D eigenvalue weighted by Crippen LogP contribution is -2.26. The molecule has 0 heteroatoms. The molecule has 0 nitrogen and oxygen atoms in total. The van der Waals surface area contributed by atoms with Gasteiger partial charge in [0.25, 0.3) is 0 Å². The Morgan fingerprint density at radius 1 is 0.652 bits per heavy atom. The summed E-state index contributed by atoms with van der Waals surface area (Å²) in [7, 11) is 0. The van der Waals surface area contributed by atoms with Crippen LogP contribution in [-0.2, 0) is 0 Å². The molecule has 0 amide bonds. The average molecular weight is 300 g/mol. The smallest absolute Gasteiger partial charge is 0.00899 e. The number of hydrogen-bond donors (Lipinski definition) is 0. The van der Waals surface area contributed by atoms with E-state index in [2.05, 4.69) is 88.4 Å². The van der Waals surface area contributed by atoms with Gasteiger partial charge < -0.3 is 0 Å². The first-order chi connectivity index (χ1) is 11.0. The largest absolute Gasteiger partial charge is 0.0729 e. The maximum absolute atomic E-state index is 2.48. The van der Waals surface area contributed by atoms with Gasteiger partial charge in [-0.05, 0) is 52.7 Å². The van der Waals surface area contributed by atoms with Crippen LogP contribution in [0.5, 0.6) is 0 Å². The van der Waals surface area contributed by atoms with Crippen molar-refractivity contribution >= 4 is 11.1 Å². The third kappa shape index (κ3) is 2.05. The Bertz CT molecular complexity index is 763. The average Bonchev–Trinajstić information content (AvgIpc) is 3.08. The molecule has 2 aliphatic carbocycles. The van der Waals surface area contributed by atoms with Crippen molar-refractivity contribution in [1.82, 2.24) is 0 Å². The predicted molar refractivity (Wildman–Crippen MR) is 99.4 cm³/mol. The summed E-state index contributed by atoms with van der Waals surface area (Å²) in [6, 6.07) is 17.8. The minimum Gasteiger partial charge on any atom is -0.0729 e. The molecule has 0 N–H and O–H groups in total. The van der Waals surface area contributed by atoms with E-state index < -0.39 is 0 Å². The van der Waals surface area contributed by atoms with E-state index in [1.807, 2.05) is 0 Å². The van der Waals surface area contributed by atoms with Crippen molar-refractivity contribution in [3.05, 3.63) is 82.9 Å². The molecule has 4 rings (SSSR count). The zero-order chi connectivity index (χ0) is 16.2. The lowest BCUT2D eigenvalue weighted by Gasteiger charge is -2.37. The van der Waals surface area contributed by atoms with E-state index >= 15 is 0 Å². The Kier molecular flexibility index (Phi) is 3.13. The van der Waals surface area contributed by atoms with Gasteiger partial charge in [0.05, 0.1) is 0 Å². The van der Waals surface area contributed by atoms with E-state index in [1.165, 1.54) is 33.4 Å². The van der Waals surface area contributed by atoms with Crippen LogP contribution in [0.1, 0.15) is 61.8 Å². The van der Waals surface area contributed by atoms with Gasteiger partial charge in [0.1, 0.15) is 0 Å². The summed E-state index contributed by atoms with van der Waals surface area (Å²) < 4.78 is 0. The monoisotopic (exact) mass is 300 g/mol. The summed E-state index contributed by atoms with van der Waals surface area (Å²) in [6.07, 6.45) is 4.96. The third-order valence-corrected chi connectivity index (χ3v) is 5.88. The van der Waals surface area contributed by atoms with Gasteiger partial charge in [0, 0.05) is 11.8 Å². The maximum atomic E-state index is 2.48. The fourth-order valence-corrected chi connectivity index (χ4v) is 4.54. The highest BCUT2D eigenvalue weighted by molar-refractivity contribution is 5.76. The van der Waals surface area contributed by atoms with Crippen LogP contribution < -0.4 is 0 Å². The van der Waals surface area contributed by atoms with Crippen molar-refractivity contribution in [2.75, 3.05) is 0 Å². The molecule has 0 aromatic heterocycles. The van der Waals surface area contributed by atoms with Gasteiger partial charge in [-0.2, -0.15) is 0 Å². The Morgan fingerprint density at radius 2 is 1.04 bits per heavy atom. The molecule has 0 bridgehead atoms. The predicted octanol–water partition coefficient (Wildman–Crippen LogP) is 6.41. The fraction of sp³-hybridized carbons (Fsp3) is 0.304. The minimum atomic E-state index is 0.154. The summed E-state index contributed by atoms with van der Waals surface area (Å²) in [5.41, 5.74) is 8.84. The van der Waals surface area contributed by atoms with Gasteiger partial charge in [-0.3, -0.25) is 0 Å². The van der Waals surface area contributed by atoms with Crippen LogP contribution in [0.2, 0.25) is 0 Å². The van der Waals surface area contributed by atoms with Crippen molar-refractivity contribution in [2.45, 2.75) is 39.5 Å². The Labute approximate surface area is 139 Å². The molecular formula is C23H24. The second-order valence-electron chi connectivity index (χ2n) is 7.65. The highest BCUT2D eigenvalue weighted by Crippen LogP contribution is 2.55. The molecule has 116 valence electrons. The zero-order valence-corrected chi connectivity index (χ0v) is 14.4. The second kappa shape index (κ2) is 4.96. The Morgan fingerprint density at radius 3 is 1.48 bits per heavy atom. The highest BCUT2D eigenvalue weighted by atomic mass is 14.5. The van der Waals surface area contributed by atoms with Crippen molar-refractivity contribution < 1.29 is 0 Å². The number of allylic oxidation sites excluding steroid dienone is 4. The number of fused-ring (bicyclic) bond motifs is 2. The van der Waals surface area contributed by atoms with Gasteiger partial charge in [0.15, 0.2) is 0 Å². The highest BCUT2D eigenvalue weighted by Gasteiger charge is 2.42. The first-order valence-electron chi connectivity index (χ1n) is 8.55. The molecule has 0 heterocycles. The van der Waals surface area contributed by atoms with E-state index in [0.717, 1.165) is 0 Å². The molecule has 2 atom stereocenters. The van der Waals surface area contributed by atoms with E-state index in [4.69, 9.17) is 0 Å². The van der Waals surface area contributed by atoms with Crippen molar-refractivity contribution in [3.63, 3.8) is 0 Å². The Hall–Kier alpha value is -2.08. The van der Waals surface area contributed by atoms with Gasteiger partial charge in [-0.1, -0.05) is 74.5 Å². The molecule has 0 fully saturated rings. The van der Waals surface area contributed by atoms with E-state index in [-0.39, 0.29) is 5.41 Å². The van der Waals surface area contributed by atoms with Gasteiger partial charge in [-0.15, -0.1) is 0 Å². The van der Waals surface area contributed by atoms with Gasteiger partial charge >= 0.3 is 0 Å². The van der Waals surface area contributed by atoms with Crippen LogP contribution >= 0.6 is 0 Å². The SMILES string of the molecule is CC1=CC(C(C)(C)C2C=C(C)c3ccccc32)c2ccccc21.